The molecule has 0 bridgehead atoms. The first-order chi connectivity index (χ1) is 12.3. The van der Waals surface area contributed by atoms with Gasteiger partial charge < -0.3 is 0 Å². The SMILES string of the molecule is CC(C)CCCN(Cc1ccccc1)S(=O)(=O)c1cccc([N+](=O)[O-])c1. The van der Waals surface area contributed by atoms with Crippen LogP contribution in [0.2, 0.25) is 0 Å². The molecule has 6 nitrogen and oxygen atoms in total. The van der Waals surface area contributed by atoms with Crippen LogP contribution in [0, 0.1) is 16.0 Å². The number of non-ortho nitro benzene ring substituents is 1. The number of rotatable bonds is 9. The number of sulfonamides is 1. The molecule has 0 heterocycles. The number of nitro benzene ring substituents is 1. The Balaban J connectivity index is 2.32. The fraction of sp³-hybridized carbons (Fsp3) is 0.368. The number of nitro groups is 1. The lowest BCUT2D eigenvalue weighted by molar-refractivity contribution is -0.385. The molecule has 0 N–H and O–H groups in total. The molecular formula is C19H24N2O4S. The van der Waals surface area contributed by atoms with Crippen molar-refractivity contribution in [2.45, 2.75) is 38.1 Å². The summed E-state index contributed by atoms with van der Waals surface area (Å²) in [4.78, 5) is 10.4. The maximum absolute atomic E-state index is 13.1. The zero-order valence-corrected chi connectivity index (χ0v) is 15.9. The number of nitrogens with zero attached hydrogens (tertiary/aromatic N) is 2. The van der Waals surface area contributed by atoms with E-state index in [-0.39, 0.29) is 17.1 Å². The van der Waals surface area contributed by atoms with Crippen LogP contribution in [-0.4, -0.2) is 24.2 Å². The molecule has 26 heavy (non-hydrogen) atoms. The summed E-state index contributed by atoms with van der Waals surface area (Å²) in [6.07, 6.45) is 1.65. The second kappa shape index (κ2) is 8.91. The van der Waals surface area contributed by atoms with Crippen LogP contribution in [0.3, 0.4) is 0 Å². The Kier molecular flexibility index (Phi) is 6.88. The molecule has 0 aliphatic heterocycles. The largest absolute Gasteiger partial charge is 0.270 e. The van der Waals surface area contributed by atoms with Gasteiger partial charge in [0.25, 0.3) is 5.69 Å². The lowest BCUT2D eigenvalue weighted by Crippen LogP contribution is -2.32. The molecule has 0 spiro atoms. The predicted octanol–water partition coefficient (Wildman–Crippen LogP) is 4.22. The van der Waals surface area contributed by atoms with Crippen molar-refractivity contribution in [1.82, 2.24) is 4.31 Å². The zero-order chi connectivity index (χ0) is 19.2. The molecule has 0 fully saturated rings. The summed E-state index contributed by atoms with van der Waals surface area (Å²) < 4.78 is 27.6. The zero-order valence-electron chi connectivity index (χ0n) is 15.0. The third-order valence-electron chi connectivity index (χ3n) is 4.06. The number of benzene rings is 2. The fourth-order valence-electron chi connectivity index (χ4n) is 2.65. The molecule has 2 aromatic rings. The van der Waals surface area contributed by atoms with E-state index in [1.165, 1.54) is 22.5 Å². The topological polar surface area (TPSA) is 80.5 Å². The van der Waals surface area contributed by atoms with Gasteiger partial charge in [-0.15, -0.1) is 0 Å². The summed E-state index contributed by atoms with van der Waals surface area (Å²) in [6, 6.07) is 14.6. The summed E-state index contributed by atoms with van der Waals surface area (Å²) in [7, 11) is -3.82. The van der Waals surface area contributed by atoms with Gasteiger partial charge in [0, 0.05) is 25.2 Å². The minimum Gasteiger partial charge on any atom is -0.258 e. The van der Waals surface area contributed by atoms with Crippen LogP contribution in [-0.2, 0) is 16.6 Å². The third-order valence-corrected chi connectivity index (χ3v) is 5.90. The van der Waals surface area contributed by atoms with Gasteiger partial charge >= 0.3 is 0 Å². The molecule has 2 rings (SSSR count). The van der Waals surface area contributed by atoms with Crippen molar-refractivity contribution in [3.05, 3.63) is 70.3 Å². The predicted molar refractivity (Wildman–Crippen MR) is 101 cm³/mol. The van der Waals surface area contributed by atoms with Crippen molar-refractivity contribution < 1.29 is 13.3 Å². The summed E-state index contributed by atoms with van der Waals surface area (Å²) in [5, 5.41) is 11.0. The normalized spacial score (nSPS) is 11.8. The molecule has 0 atom stereocenters. The highest BCUT2D eigenvalue weighted by Crippen LogP contribution is 2.23. The minimum atomic E-state index is -3.82. The molecule has 2 aromatic carbocycles. The van der Waals surface area contributed by atoms with Crippen LogP contribution < -0.4 is 0 Å². The molecular weight excluding hydrogens is 352 g/mol. The Morgan fingerprint density at radius 2 is 1.77 bits per heavy atom. The lowest BCUT2D eigenvalue weighted by atomic mass is 10.1. The van der Waals surface area contributed by atoms with Gasteiger partial charge in [0.2, 0.25) is 10.0 Å². The van der Waals surface area contributed by atoms with Crippen LogP contribution >= 0.6 is 0 Å². The Hall–Kier alpha value is -2.25. The first-order valence-corrected chi connectivity index (χ1v) is 10.0. The molecule has 7 heteroatoms. The highest BCUT2D eigenvalue weighted by Gasteiger charge is 2.26. The fourth-order valence-corrected chi connectivity index (χ4v) is 4.16. The van der Waals surface area contributed by atoms with Gasteiger partial charge in [0.1, 0.15) is 0 Å². The van der Waals surface area contributed by atoms with Crippen molar-refractivity contribution in [3.63, 3.8) is 0 Å². The Morgan fingerprint density at radius 1 is 1.08 bits per heavy atom. The Labute approximate surface area is 154 Å². The van der Waals surface area contributed by atoms with Crippen molar-refractivity contribution in [2.24, 2.45) is 5.92 Å². The van der Waals surface area contributed by atoms with Crippen LogP contribution in [0.15, 0.2) is 59.5 Å². The van der Waals surface area contributed by atoms with E-state index >= 15 is 0 Å². The molecule has 0 aromatic heterocycles. The summed E-state index contributed by atoms with van der Waals surface area (Å²) in [5.74, 6) is 0.481. The molecule has 0 radical (unpaired) electrons. The average molecular weight is 376 g/mol. The van der Waals surface area contributed by atoms with Crippen LogP contribution in [0.25, 0.3) is 0 Å². The molecule has 0 aliphatic carbocycles. The molecule has 0 aliphatic rings. The van der Waals surface area contributed by atoms with E-state index in [0.717, 1.165) is 24.5 Å². The van der Waals surface area contributed by atoms with Gasteiger partial charge in [-0.05, 0) is 30.4 Å². The minimum absolute atomic E-state index is 0.0489. The van der Waals surface area contributed by atoms with Crippen LogP contribution in [0.4, 0.5) is 5.69 Å². The molecule has 140 valence electrons. The monoisotopic (exact) mass is 376 g/mol. The van der Waals surface area contributed by atoms with Crippen molar-refractivity contribution in [3.8, 4) is 0 Å². The van der Waals surface area contributed by atoms with Gasteiger partial charge in [-0.1, -0.05) is 50.2 Å². The first-order valence-electron chi connectivity index (χ1n) is 8.59. The van der Waals surface area contributed by atoms with E-state index in [1.54, 1.807) is 0 Å². The second-order valence-corrected chi connectivity index (χ2v) is 8.55. The van der Waals surface area contributed by atoms with E-state index in [2.05, 4.69) is 13.8 Å². The summed E-state index contributed by atoms with van der Waals surface area (Å²) in [5.41, 5.74) is 0.652. The highest BCUT2D eigenvalue weighted by molar-refractivity contribution is 7.89. The van der Waals surface area contributed by atoms with Crippen LogP contribution in [0.1, 0.15) is 32.3 Å². The third kappa shape index (κ3) is 5.37. The smallest absolute Gasteiger partial charge is 0.258 e. The van der Waals surface area contributed by atoms with E-state index in [1.807, 2.05) is 30.3 Å². The van der Waals surface area contributed by atoms with E-state index < -0.39 is 14.9 Å². The van der Waals surface area contributed by atoms with Crippen molar-refractivity contribution >= 4 is 15.7 Å². The van der Waals surface area contributed by atoms with Gasteiger partial charge in [-0.2, -0.15) is 4.31 Å². The summed E-state index contributed by atoms with van der Waals surface area (Å²) >= 11 is 0. The van der Waals surface area contributed by atoms with Crippen molar-refractivity contribution in [2.75, 3.05) is 6.54 Å². The maximum Gasteiger partial charge on any atom is 0.270 e. The van der Waals surface area contributed by atoms with E-state index in [0.29, 0.717) is 12.5 Å². The number of hydrogen-bond donors (Lipinski definition) is 0. The maximum atomic E-state index is 13.1. The molecule has 0 saturated heterocycles. The first kappa shape index (κ1) is 20.1. The standard InChI is InChI=1S/C19H24N2O4S/c1-16(2)8-7-13-20(15-17-9-4-3-5-10-17)26(24,25)19-12-6-11-18(14-19)21(22)23/h3-6,9-12,14,16H,7-8,13,15H2,1-2H3. The second-order valence-electron chi connectivity index (χ2n) is 6.61. The van der Waals surface area contributed by atoms with Gasteiger partial charge in [-0.25, -0.2) is 8.42 Å². The Bertz CT molecular complexity index is 836. The summed E-state index contributed by atoms with van der Waals surface area (Å²) in [6.45, 7) is 4.80. The van der Waals surface area contributed by atoms with E-state index in [9.17, 15) is 18.5 Å². The van der Waals surface area contributed by atoms with Crippen molar-refractivity contribution in [1.29, 1.82) is 0 Å². The van der Waals surface area contributed by atoms with Gasteiger partial charge in [0.15, 0.2) is 0 Å². The number of hydrogen-bond acceptors (Lipinski definition) is 4. The molecule has 0 unspecified atom stereocenters. The van der Waals surface area contributed by atoms with Crippen LogP contribution in [0.5, 0.6) is 0 Å². The Morgan fingerprint density at radius 3 is 2.38 bits per heavy atom. The quantitative estimate of drug-likeness (QED) is 0.485. The van der Waals surface area contributed by atoms with Gasteiger partial charge in [0.05, 0.1) is 9.82 Å². The van der Waals surface area contributed by atoms with Gasteiger partial charge in [-0.3, -0.25) is 10.1 Å². The van der Waals surface area contributed by atoms with E-state index in [4.69, 9.17) is 0 Å². The molecule has 0 amide bonds. The average Bonchev–Trinajstić information content (AvgIpc) is 2.61. The molecule has 0 saturated carbocycles. The highest BCUT2D eigenvalue weighted by atomic mass is 32.2. The lowest BCUT2D eigenvalue weighted by Gasteiger charge is -2.23.